The van der Waals surface area contributed by atoms with Crippen molar-refractivity contribution in [3.63, 3.8) is 0 Å². The maximum absolute atomic E-state index is 12.3. The summed E-state index contributed by atoms with van der Waals surface area (Å²) in [7, 11) is 1.52. The lowest BCUT2D eigenvalue weighted by atomic mass is 10.2. The van der Waals surface area contributed by atoms with Gasteiger partial charge < -0.3 is 20.3 Å². The topological polar surface area (TPSA) is 108 Å². The minimum Gasteiger partial charge on any atom is -0.495 e. The zero-order valence-corrected chi connectivity index (χ0v) is 13.7. The molecule has 9 heteroatoms. The molecule has 2 N–H and O–H groups in total. The van der Waals surface area contributed by atoms with Crippen LogP contribution in [-0.4, -0.2) is 61.4 Å². The average Bonchev–Trinajstić information content (AvgIpc) is 3.11. The first-order chi connectivity index (χ1) is 12.0. The SMILES string of the molecule is COc1ccccc1N1C[C@H](NC(=O)CN2C(=O)CNC2=O)CC1=O. The molecule has 0 saturated carbocycles. The summed E-state index contributed by atoms with van der Waals surface area (Å²) in [6, 6.07) is 6.15. The van der Waals surface area contributed by atoms with Crippen LogP contribution in [0.25, 0.3) is 0 Å². The van der Waals surface area contributed by atoms with Gasteiger partial charge in [-0.1, -0.05) is 12.1 Å². The summed E-state index contributed by atoms with van der Waals surface area (Å²) in [6.07, 6.45) is 0.143. The number of rotatable bonds is 5. The van der Waals surface area contributed by atoms with E-state index in [0.717, 1.165) is 4.90 Å². The predicted octanol–water partition coefficient (Wildman–Crippen LogP) is -0.531. The number of benzene rings is 1. The summed E-state index contributed by atoms with van der Waals surface area (Å²) in [5.41, 5.74) is 0.640. The third-order valence-electron chi connectivity index (χ3n) is 4.10. The van der Waals surface area contributed by atoms with Crippen molar-refractivity contribution in [2.45, 2.75) is 12.5 Å². The largest absolute Gasteiger partial charge is 0.495 e. The lowest BCUT2D eigenvalue weighted by Crippen LogP contribution is -2.45. The van der Waals surface area contributed by atoms with Crippen LogP contribution in [0.4, 0.5) is 10.5 Å². The molecular weight excluding hydrogens is 328 g/mol. The number of nitrogens with one attached hydrogen (secondary N) is 2. The van der Waals surface area contributed by atoms with E-state index < -0.39 is 23.9 Å². The van der Waals surface area contributed by atoms with E-state index in [2.05, 4.69) is 10.6 Å². The van der Waals surface area contributed by atoms with Gasteiger partial charge in [0.15, 0.2) is 0 Å². The first kappa shape index (κ1) is 16.7. The second-order valence-corrected chi connectivity index (χ2v) is 5.78. The molecule has 1 aromatic rings. The molecule has 0 bridgehead atoms. The van der Waals surface area contributed by atoms with Crippen molar-refractivity contribution in [2.75, 3.05) is 31.6 Å². The number of ether oxygens (including phenoxy) is 1. The maximum atomic E-state index is 12.3. The second-order valence-electron chi connectivity index (χ2n) is 5.78. The van der Waals surface area contributed by atoms with Crippen LogP contribution in [0, 0.1) is 0 Å². The van der Waals surface area contributed by atoms with Crippen molar-refractivity contribution in [3.05, 3.63) is 24.3 Å². The standard InChI is InChI=1S/C16H18N4O5/c1-25-12-5-3-2-4-11(12)19-8-10(6-14(19)22)18-13(21)9-20-15(23)7-17-16(20)24/h2-5,10H,6-9H2,1H3,(H,17,24)(H,18,21)/t10-/m1/s1. The number of anilines is 1. The van der Waals surface area contributed by atoms with Gasteiger partial charge in [-0.2, -0.15) is 0 Å². The molecular formula is C16H18N4O5. The molecule has 9 nitrogen and oxygen atoms in total. The number of hydrogen-bond donors (Lipinski definition) is 2. The monoisotopic (exact) mass is 346 g/mol. The fourth-order valence-electron chi connectivity index (χ4n) is 2.92. The molecule has 0 aromatic heterocycles. The summed E-state index contributed by atoms with van der Waals surface area (Å²) < 4.78 is 5.26. The number of carbonyl (C=O) groups is 4. The summed E-state index contributed by atoms with van der Waals surface area (Å²) >= 11 is 0. The lowest BCUT2D eigenvalue weighted by Gasteiger charge is -2.20. The summed E-state index contributed by atoms with van der Waals surface area (Å²) in [6.45, 7) is -0.162. The van der Waals surface area contributed by atoms with Crippen LogP contribution < -0.4 is 20.3 Å². The van der Waals surface area contributed by atoms with E-state index in [9.17, 15) is 19.2 Å². The first-order valence-electron chi connectivity index (χ1n) is 7.80. The van der Waals surface area contributed by atoms with E-state index in [0.29, 0.717) is 18.0 Å². The van der Waals surface area contributed by atoms with Gasteiger partial charge >= 0.3 is 6.03 Å². The molecule has 3 rings (SSSR count). The normalized spacial score (nSPS) is 20.0. The Labute approximate surface area is 143 Å². The van der Waals surface area contributed by atoms with Crippen molar-refractivity contribution in [1.82, 2.24) is 15.5 Å². The van der Waals surface area contributed by atoms with Crippen molar-refractivity contribution >= 4 is 29.4 Å². The van der Waals surface area contributed by atoms with Crippen LogP contribution >= 0.6 is 0 Å². The Morgan fingerprint density at radius 1 is 1.28 bits per heavy atom. The van der Waals surface area contributed by atoms with Crippen molar-refractivity contribution in [1.29, 1.82) is 0 Å². The Bertz CT molecular complexity index is 719. The zero-order valence-electron chi connectivity index (χ0n) is 13.7. The van der Waals surface area contributed by atoms with Gasteiger partial charge in [-0.05, 0) is 12.1 Å². The molecule has 2 aliphatic heterocycles. The number of carbonyl (C=O) groups excluding carboxylic acids is 4. The Morgan fingerprint density at radius 2 is 2.04 bits per heavy atom. The second kappa shape index (κ2) is 6.80. The minimum atomic E-state index is -0.585. The van der Waals surface area contributed by atoms with Gasteiger partial charge in [-0.3, -0.25) is 19.3 Å². The number of methoxy groups -OCH3 is 1. The summed E-state index contributed by atoms with van der Waals surface area (Å²) in [4.78, 5) is 49.7. The molecule has 0 unspecified atom stereocenters. The molecule has 2 aliphatic rings. The third-order valence-corrected chi connectivity index (χ3v) is 4.10. The number of urea groups is 1. The van der Waals surface area contributed by atoms with Crippen LogP contribution in [0.5, 0.6) is 5.75 Å². The molecule has 25 heavy (non-hydrogen) atoms. The van der Waals surface area contributed by atoms with Gasteiger partial charge in [0.1, 0.15) is 12.3 Å². The molecule has 132 valence electrons. The van der Waals surface area contributed by atoms with Gasteiger partial charge in [-0.25, -0.2) is 4.79 Å². The highest BCUT2D eigenvalue weighted by molar-refractivity contribution is 6.04. The van der Waals surface area contributed by atoms with Crippen LogP contribution in [0.1, 0.15) is 6.42 Å². The molecule has 2 saturated heterocycles. The molecule has 1 atom stereocenters. The molecule has 5 amide bonds. The Morgan fingerprint density at radius 3 is 2.72 bits per heavy atom. The fourth-order valence-corrected chi connectivity index (χ4v) is 2.92. The van der Waals surface area contributed by atoms with Crippen LogP contribution in [-0.2, 0) is 14.4 Å². The molecule has 2 fully saturated rings. The smallest absolute Gasteiger partial charge is 0.325 e. The van der Waals surface area contributed by atoms with E-state index in [4.69, 9.17) is 4.74 Å². The highest BCUT2D eigenvalue weighted by Crippen LogP contribution is 2.30. The molecule has 0 spiro atoms. The van der Waals surface area contributed by atoms with Gasteiger partial charge in [-0.15, -0.1) is 0 Å². The Hall–Kier alpha value is -3.10. The first-order valence-corrected chi connectivity index (χ1v) is 7.80. The highest BCUT2D eigenvalue weighted by atomic mass is 16.5. The van der Waals surface area contributed by atoms with Gasteiger partial charge in [0.25, 0.3) is 5.91 Å². The summed E-state index contributed by atoms with van der Waals surface area (Å²) in [5, 5.41) is 5.05. The van der Waals surface area contributed by atoms with E-state index in [-0.39, 0.29) is 25.4 Å². The van der Waals surface area contributed by atoms with Crippen molar-refractivity contribution < 1.29 is 23.9 Å². The van der Waals surface area contributed by atoms with Gasteiger partial charge in [0, 0.05) is 13.0 Å². The van der Waals surface area contributed by atoms with E-state index in [1.807, 2.05) is 0 Å². The number of imide groups is 1. The average molecular weight is 346 g/mol. The van der Waals surface area contributed by atoms with Gasteiger partial charge in [0.05, 0.1) is 25.4 Å². The van der Waals surface area contributed by atoms with E-state index in [1.165, 1.54) is 7.11 Å². The number of hydrogen-bond acceptors (Lipinski definition) is 5. The highest BCUT2D eigenvalue weighted by Gasteiger charge is 2.35. The van der Waals surface area contributed by atoms with Crippen LogP contribution in [0.2, 0.25) is 0 Å². The zero-order chi connectivity index (χ0) is 18.0. The maximum Gasteiger partial charge on any atom is 0.325 e. The van der Waals surface area contributed by atoms with E-state index in [1.54, 1.807) is 29.2 Å². The van der Waals surface area contributed by atoms with Crippen molar-refractivity contribution in [3.8, 4) is 5.75 Å². The molecule has 0 radical (unpaired) electrons. The molecule has 2 heterocycles. The lowest BCUT2D eigenvalue weighted by molar-refractivity contribution is -0.131. The fraction of sp³-hybridized carbons (Fsp3) is 0.375. The third kappa shape index (κ3) is 3.39. The predicted molar refractivity (Wildman–Crippen MR) is 87.0 cm³/mol. The van der Waals surface area contributed by atoms with E-state index >= 15 is 0 Å². The van der Waals surface area contributed by atoms with Gasteiger partial charge in [0.2, 0.25) is 11.8 Å². The molecule has 1 aromatic carbocycles. The number of nitrogens with zero attached hydrogens (tertiary/aromatic N) is 2. The quantitative estimate of drug-likeness (QED) is 0.697. The minimum absolute atomic E-state index is 0.102. The Balaban J connectivity index is 1.62. The van der Waals surface area contributed by atoms with Crippen molar-refractivity contribution in [2.24, 2.45) is 0 Å². The summed E-state index contributed by atoms with van der Waals surface area (Å²) in [5.74, 6) is -0.490. The number of para-hydroxylation sites is 2. The van der Waals surface area contributed by atoms with Crippen LogP contribution in [0.3, 0.4) is 0 Å². The van der Waals surface area contributed by atoms with Crippen LogP contribution in [0.15, 0.2) is 24.3 Å². The Kier molecular flexibility index (Phi) is 4.55. The number of amides is 5. The molecule has 0 aliphatic carbocycles.